The highest BCUT2D eigenvalue weighted by Gasteiger charge is 2.24. The largest absolute Gasteiger partial charge is 0.462 e. The summed E-state index contributed by atoms with van der Waals surface area (Å²) in [4.78, 5) is 12.1. The van der Waals surface area contributed by atoms with Gasteiger partial charge in [-0.2, -0.15) is 0 Å². The van der Waals surface area contributed by atoms with E-state index in [1.165, 1.54) is 11.1 Å². The molecule has 0 unspecified atom stereocenters. The van der Waals surface area contributed by atoms with Gasteiger partial charge in [-0.3, -0.25) is 0 Å². The van der Waals surface area contributed by atoms with E-state index >= 15 is 0 Å². The van der Waals surface area contributed by atoms with E-state index < -0.39 is 0 Å². The second-order valence-corrected chi connectivity index (χ2v) is 6.00. The molecule has 0 saturated carbocycles. The first-order valence-corrected chi connectivity index (χ1v) is 8.46. The molecule has 2 nitrogen and oxygen atoms in total. The smallest absolute Gasteiger partial charge is 0.338 e. The lowest BCUT2D eigenvalue weighted by Crippen LogP contribution is -2.04. The van der Waals surface area contributed by atoms with Gasteiger partial charge in [0.2, 0.25) is 0 Å². The average Bonchev–Trinajstić information content (AvgIpc) is 2.96. The molecule has 122 valence electrons. The molecule has 1 aliphatic rings. The van der Waals surface area contributed by atoms with E-state index in [9.17, 15) is 4.79 Å². The van der Waals surface area contributed by atoms with Crippen LogP contribution in [0.3, 0.4) is 0 Å². The van der Waals surface area contributed by atoms with Gasteiger partial charge in [-0.15, -0.1) is 0 Å². The lowest BCUT2D eigenvalue weighted by Gasteiger charge is -2.06. The number of esters is 1. The second kappa shape index (κ2) is 6.40. The highest BCUT2D eigenvalue weighted by atomic mass is 16.5. The van der Waals surface area contributed by atoms with Gasteiger partial charge in [0.25, 0.3) is 0 Å². The van der Waals surface area contributed by atoms with Crippen LogP contribution in [0.15, 0.2) is 72.8 Å². The van der Waals surface area contributed by atoms with E-state index in [0.717, 1.165) is 22.3 Å². The fraction of sp³-hybridized carbons (Fsp3) is 0.0870. The highest BCUT2D eigenvalue weighted by Crippen LogP contribution is 2.45. The lowest BCUT2D eigenvalue weighted by atomic mass is 10.00. The maximum Gasteiger partial charge on any atom is 0.338 e. The number of carbonyl (C=O) groups excluding carboxylic acids is 1. The molecular weight excluding hydrogens is 308 g/mol. The number of hydrogen-bond donors (Lipinski definition) is 0. The van der Waals surface area contributed by atoms with Gasteiger partial charge in [0.15, 0.2) is 0 Å². The molecule has 0 fully saturated rings. The first kappa shape index (κ1) is 15.4. The second-order valence-electron chi connectivity index (χ2n) is 6.00. The first-order chi connectivity index (χ1) is 12.3. The Morgan fingerprint density at radius 2 is 1.52 bits per heavy atom. The van der Waals surface area contributed by atoms with Gasteiger partial charge in [-0.1, -0.05) is 60.7 Å². The van der Waals surface area contributed by atoms with Gasteiger partial charge >= 0.3 is 5.97 Å². The van der Waals surface area contributed by atoms with Crippen molar-refractivity contribution in [2.24, 2.45) is 0 Å². The molecule has 0 aliphatic heterocycles. The molecular formula is C23H18O2. The molecule has 0 amide bonds. The lowest BCUT2D eigenvalue weighted by molar-refractivity contribution is 0.0526. The number of ether oxygens (including phenoxy) is 1. The third-order valence-electron chi connectivity index (χ3n) is 4.44. The monoisotopic (exact) mass is 326 g/mol. The topological polar surface area (TPSA) is 26.3 Å². The Hall–Kier alpha value is -3.13. The Morgan fingerprint density at radius 1 is 0.840 bits per heavy atom. The number of hydrogen-bond acceptors (Lipinski definition) is 2. The summed E-state index contributed by atoms with van der Waals surface area (Å²) in [5.41, 5.74) is 7.54. The molecule has 0 bridgehead atoms. The Morgan fingerprint density at radius 3 is 2.28 bits per heavy atom. The van der Waals surface area contributed by atoms with Crippen molar-refractivity contribution in [2.45, 2.75) is 6.92 Å². The fourth-order valence-corrected chi connectivity index (χ4v) is 3.31. The van der Waals surface area contributed by atoms with E-state index in [1.807, 2.05) is 49.4 Å². The van der Waals surface area contributed by atoms with E-state index in [2.05, 4.69) is 36.4 Å². The number of fused-ring (bicyclic) bond motifs is 3. The van der Waals surface area contributed by atoms with E-state index in [0.29, 0.717) is 12.2 Å². The van der Waals surface area contributed by atoms with Crippen LogP contribution in [0.25, 0.3) is 22.8 Å². The van der Waals surface area contributed by atoms with Gasteiger partial charge in [0.1, 0.15) is 0 Å². The van der Waals surface area contributed by atoms with E-state index in [1.54, 1.807) is 0 Å². The van der Waals surface area contributed by atoms with E-state index in [4.69, 9.17) is 4.74 Å². The molecule has 0 atom stereocenters. The molecule has 3 aromatic carbocycles. The summed E-state index contributed by atoms with van der Waals surface area (Å²) in [7, 11) is 0. The predicted molar refractivity (Wildman–Crippen MR) is 101 cm³/mol. The Labute approximate surface area is 147 Å². The molecule has 3 aromatic rings. The van der Waals surface area contributed by atoms with Crippen molar-refractivity contribution in [3.63, 3.8) is 0 Å². The molecule has 0 heterocycles. The molecule has 0 radical (unpaired) electrons. The Kier molecular flexibility index (Phi) is 3.95. The summed E-state index contributed by atoms with van der Waals surface area (Å²) in [6.07, 6.45) is 2.20. The van der Waals surface area contributed by atoms with Crippen LogP contribution >= 0.6 is 0 Å². The Bertz CT molecular complexity index is 968. The maximum absolute atomic E-state index is 12.1. The number of benzene rings is 3. The molecule has 0 saturated heterocycles. The number of rotatable bonds is 3. The summed E-state index contributed by atoms with van der Waals surface area (Å²) in [5, 5.41) is 0. The highest BCUT2D eigenvalue weighted by molar-refractivity contribution is 6.07. The van der Waals surface area contributed by atoms with Gasteiger partial charge in [0.05, 0.1) is 12.2 Å². The summed E-state index contributed by atoms with van der Waals surface area (Å²) in [6.45, 7) is 2.20. The SMILES string of the molecule is CCOC(=O)c1ccc2c(c1)-c1ccccc1/C2=C\c1ccccc1. The predicted octanol–water partition coefficient (Wildman–Crippen LogP) is 5.43. The molecule has 0 N–H and O–H groups in total. The van der Waals surface area contributed by atoms with Crippen LogP contribution in [0.5, 0.6) is 0 Å². The molecule has 25 heavy (non-hydrogen) atoms. The zero-order valence-electron chi connectivity index (χ0n) is 14.0. The van der Waals surface area contributed by atoms with Crippen LogP contribution in [-0.2, 0) is 4.74 Å². The van der Waals surface area contributed by atoms with Gasteiger partial charge in [0, 0.05) is 0 Å². The van der Waals surface area contributed by atoms with E-state index in [-0.39, 0.29) is 5.97 Å². The third-order valence-corrected chi connectivity index (χ3v) is 4.44. The first-order valence-electron chi connectivity index (χ1n) is 8.46. The average molecular weight is 326 g/mol. The molecule has 0 spiro atoms. The van der Waals surface area contributed by atoms with Crippen LogP contribution in [0.1, 0.15) is 34.0 Å². The standard InChI is InChI=1S/C23H18O2/c1-2-25-23(24)17-12-13-20-21(14-16-8-4-3-5-9-16)18-10-6-7-11-19(18)22(20)15-17/h3-15H,2H2,1H3/b21-14+. The maximum atomic E-state index is 12.1. The zero-order valence-corrected chi connectivity index (χ0v) is 14.0. The molecule has 4 rings (SSSR count). The molecule has 0 aromatic heterocycles. The van der Waals surface area contributed by atoms with Gasteiger partial charge in [-0.05, 0) is 58.5 Å². The minimum absolute atomic E-state index is 0.275. The van der Waals surface area contributed by atoms with Crippen molar-refractivity contribution >= 4 is 17.6 Å². The quantitative estimate of drug-likeness (QED) is 0.469. The van der Waals surface area contributed by atoms with Crippen molar-refractivity contribution in [3.05, 3.63) is 95.1 Å². The minimum atomic E-state index is -0.275. The van der Waals surface area contributed by atoms with Crippen LogP contribution < -0.4 is 0 Å². The zero-order chi connectivity index (χ0) is 17.2. The summed E-state index contributed by atoms with van der Waals surface area (Å²) in [5.74, 6) is -0.275. The van der Waals surface area contributed by atoms with Crippen molar-refractivity contribution in [2.75, 3.05) is 6.61 Å². The van der Waals surface area contributed by atoms with Gasteiger partial charge in [-0.25, -0.2) is 4.79 Å². The van der Waals surface area contributed by atoms with Gasteiger partial charge < -0.3 is 4.74 Å². The molecule has 1 aliphatic carbocycles. The number of carbonyl (C=O) groups is 1. The van der Waals surface area contributed by atoms with Crippen LogP contribution in [-0.4, -0.2) is 12.6 Å². The summed E-state index contributed by atoms with van der Waals surface area (Å²) < 4.78 is 5.14. The van der Waals surface area contributed by atoms with Crippen LogP contribution in [0, 0.1) is 0 Å². The normalized spacial score (nSPS) is 13.4. The molecule has 2 heteroatoms. The third kappa shape index (κ3) is 2.76. The van der Waals surface area contributed by atoms with Crippen molar-refractivity contribution in [1.29, 1.82) is 0 Å². The van der Waals surface area contributed by atoms with Crippen molar-refractivity contribution in [3.8, 4) is 11.1 Å². The van der Waals surface area contributed by atoms with Crippen molar-refractivity contribution < 1.29 is 9.53 Å². The minimum Gasteiger partial charge on any atom is -0.462 e. The Balaban J connectivity index is 1.88. The van der Waals surface area contributed by atoms with Crippen molar-refractivity contribution in [1.82, 2.24) is 0 Å². The summed E-state index contributed by atoms with van der Waals surface area (Å²) in [6, 6.07) is 24.4. The van der Waals surface area contributed by atoms with Crippen LogP contribution in [0.4, 0.5) is 0 Å². The van der Waals surface area contributed by atoms with Crippen LogP contribution in [0.2, 0.25) is 0 Å². The summed E-state index contributed by atoms with van der Waals surface area (Å²) >= 11 is 0. The fourth-order valence-electron chi connectivity index (χ4n) is 3.31.